The Morgan fingerprint density at radius 2 is 2.05 bits per heavy atom. The molecule has 1 heterocycles. The summed E-state index contributed by atoms with van der Waals surface area (Å²) >= 11 is 0. The second-order valence-electron chi connectivity index (χ2n) is 6.35. The van der Waals surface area contributed by atoms with Crippen LogP contribution in [0.3, 0.4) is 0 Å². The van der Waals surface area contributed by atoms with E-state index in [1.165, 1.54) is 31.7 Å². The second-order valence-corrected chi connectivity index (χ2v) is 6.35. The van der Waals surface area contributed by atoms with Crippen LogP contribution in [0.1, 0.15) is 38.2 Å². The van der Waals surface area contributed by atoms with Crippen molar-refractivity contribution >= 4 is 5.69 Å². The first kappa shape index (κ1) is 14.0. The lowest BCUT2D eigenvalue weighted by Gasteiger charge is -2.23. The topological polar surface area (TPSA) is 69.6 Å². The Kier molecular flexibility index (Phi) is 3.39. The van der Waals surface area contributed by atoms with Crippen molar-refractivity contribution in [3.05, 3.63) is 23.5 Å². The van der Waals surface area contributed by atoms with Gasteiger partial charge in [0.1, 0.15) is 5.82 Å². The number of benzene rings is 1. The van der Waals surface area contributed by atoms with Crippen molar-refractivity contribution in [2.75, 3.05) is 5.73 Å². The van der Waals surface area contributed by atoms with Gasteiger partial charge in [0.15, 0.2) is 5.82 Å². The lowest BCUT2D eigenvalue weighted by atomic mass is 9.89. The Hall–Kier alpha value is -1.98. The van der Waals surface area contributed by atoms with Gasteiger partial charge in [-0.05, 0) is 47.7 Å². The molecule has 21 heavy (non-hydrogen) atoms. The quantitative estimate of drug-likeness (QED) is 0.882. The minimum atomic E-state index is -0.327. The summed E-state index contributed by atoms with van der Waals surface area (Å²) in [7, 11) is 0. The molecule has 1 aromatic heterocycles. The number of nitrogens with zero attached hydrogens (tertiary/aromatic N) is 4. The fraction of sp³-hybridized carbons (Fsp3) is 0.533. The fourth-order valence-electron chi connectivity index (χ4n) is 3.10. The smallest absolute Gasteiger partial charge is 0.182 e. The number of aromatic nitrogens is 4. The first-order valence-electron chi connectivity index (χ1n) is 7.31. The molecule has 6 heteroatoms. The molecule has 2 aromatic rings. The van der Waals surface area contributed by atoms with Crippen molar-refractivity contribution in [3.8, 4) is 11.4 Å². The van der Waals surface area contributed by atoms with E-state index in [9.17, 15) is 4.39 Å². The van der Waals surface area contributed by atoms with Crippen molar-refractivity contribution in [2.45, 2.75) is 46.1 Å². The fourth-order valence-corrected chi connectivity index (χ4v) is 3.10. The highest BCUT2D eigenvalue weighted by Crippen LogP contribution is 2.39. The molecule has 0 bridgehead atoms. The maximum atomic E-state index is 13.9. The van der Waals surface area contributed by atoms with E-state index < -0.39 is 0 Å². The molecular formula is C15H20FN5. The molecule has 1 aromatic carbocycles. The first-order valence-corrected chi connectivity index (χ1v) is 7.31. The zero-order valence-electron chi connectivity index (χ0n) is 12.4. The van der Waals surface area contributed by atoms with Gasteiger partial charge in [0.2, 0.25) is 0 Å². The number of anilines is 1. The van der Waals surface area contributed by atoms with Crippen LogP contribution in [-0.4, -0.2) is 20.2 Å². The normalized spacial score (nSPS) is 17.3. The second kappa shape index (κ2) is 5.09. The molecule has 5 nitrogen and oxygen atoms in total. The number of halogens is 1. The van der Waals surface area contributed by atoms with Crippen LogP contribution in [0, 0.1) is 18.2 Å². The van der Waals surface area contributed by atoms with E-state index in [0.717, 1.165) is 6.54 Å². The number of hydrogen-bond donors (Lipinski definition) is 1. The monoisotopic (exact) mass is 289 g/mol. The Labute approximate surface area is 123 Å². The highest BCUT2D eigenvalue weighted by Gasteiger charge is 2.30. The van der Waals surface area contributed by atoms with Crippen LogP contribution in [0.5, 0.6) is 0 Å². The molecular weight excluding hydrogens is 269 g/mol. The summed E-state index contributed by atoms with van der Waals surface area (Å²) in [6, 6.07) is 3.18. The third-order valence-electron chi connectivity index (χ3n) is 4.52. The van der Waals surface area contributed by atoms with Crippen LogP contribution in [-0.2, 0) is 6.54 Å². The van der Waals surface area contributed by atoms with E-state index >= 15 is 0 Å². The maximum Gasteiger partial charge on any atom is 0.182 e. The molecule has 0 saturated heterocycles. The molecule has 0 amide bonds. The number of tetrazole rings is 1. The van der Waals surface area contributed by atoms with Gasteiger partial charge in [-0.3, -0.25) is 0 Å². The molecule has 2 N–H and O–H groups in total. The van der Waals surface area contributed by atoms with Gasteiger partial charge in [0, 0.05) is 16.8 Å². The summed E-state index contributed by atoms with van der Waals surface area (Å²) in [5.41, 5.74) is 7.58. The average molecular weight is 289 g/mol. The van der Waals surface area contributed by atoms with Crippen molar-refractivity contribution in [1.82, 2.24) is 20.2 Å². The highest BCUT2D eigenvalue weighted by atomic mass is 19.1. The molecule has 0 unspecified atom stereocenters. The molecule has 1 saturated carbocycles. The number of nitrogen functional groups attached to an aromatic ring is 1. The van der Waals surface area contributed by atoms with Gasteiger partial charge in [0.05, 0.1) is 6.54 Å². The summed E-state index contributed by atoms with van der Waals surface area (Å²) in [5.74, 6) is 0.250. The van der Waals surface area contributed by atoms with Crippen LogP contribution in [0.4, 0.5) is 10.1 Å². The molecule has 1 fully saturated rings. The maximum absolute atomic E-state index is 13.9. The van der Waals surface area contributed by atoms with Crippen LogP contribution < -0.4 is 5.73 Å². The van der Waals surface area contributed by atoms with Crippen LogP contribution in [0.25, 0.3) is 11.4 Å². The number of hydrogen-bond acceptors (Lipinski definition) is 4. The lowest BCUT2D eigenvalue weighted by molar-refractivity contribution is 0.267. The number of rotatable bonds is 3. The average Bonchev–Trinajstić information content (AvgIpc) is 3.05. The predicted molar refractivity (Wildman–Crippen MR) is 78.9 cm³/mol. The van der Waals surface area contributed by atoms with Crippen LogP contribution >= 0.6 is 0 Å². The molecule has 0 aliphatic heterocycles. The summed E-state index contributed by atoms with van der Waals surface area (Å²) in [6.45, 7) is 4.68. The van der Waals surface area contributed by atoms with E-state index in [-0.39, 0.29) is 11.2 Å². The van der Waals surface area contributed by atoms with Crippen LogP contribution in [0.15, 0.2) is 12.1 Å². The zero-order valence-corrected chi connectivity index (χ0v) is 12.4. The largest absolute Gasteiger partial charge is 0.398 e. The standard InChI is InChI=1S/C15H20FN5/c1-10-12(16)7-11(8-13(10)17)14-18-19-20-21(14)9-15(2)5-3-4-6-15/h7-8H,3-6,9,17H2,1-2H3. The summed E-state index contributed by atoms with van der Waals surface area (Å²) in [6.07, 6.45) is 4.85. The number of nitrogens with two attached hydrogens (primary N) is 1. The van der Waals surface area contributed by atoms with Crippen LogP contribution in [0.2, 0.25) is 0 Å². The molecule has 1 aliphatic carbocycles. The Morgan fingerprint density at radius 1 is 1.33 bits per heavy atom. The Balaban J connectivity index is 1.95. The molecule has 0 spiro atoms. The molecule has 112 valence electrons. The summed E-state index contributed by atoms with van der Waals surface area (Å²) < 4.78 is 15.7. The molecule has 3 rings (SSSR count). The highest BCUT2D eigenvalue weighted by molar-refractivity contribution is 5.63. The van der Waals surface area contributed by atoms with E-state index in [1.807, 2.05) is 0 Å². The minimum absolute atomic E-state index is 0.221. The lowest BCUT2D eigenvalue weighted by Crippen LogP contribution is -2.21. The third kappa shape index (κ3) is 2.62. The summed E-state index contributed by atoms with van der Waals surface area (Å²) in [4.78, 5) is 0. The Morgan fingerprint density at radius 3 is 2.71 bits per heavy atom. The minimum Gasteiger partial charge on any atom is -0.398 e. The molecule has 0 atom stereocenters. The Bertz CT molecular complexity index is 635. The molecule has 1 aliphatic rings. The molecule has 0 radical (unpaired) electrons. The van der Waals surface area contributed by atoms with Gasteiger partial charge >= 0.3 is 0 Å². The van der Waals surface area contributed by atoms with Crippen molar-refractivity contribution in [2.24, 2.45) is 5.41 Å². The van der Waals surface area contributed by atoms with E-state index in [1.54, 1.807) is 17.7 Å². The van der Waals surface area contributed by atoms with Gasteiger partial charge in [-0.25, -0.2) is 9.07 Å². The van der Waals surface area contributed by atoms with Crippen molar-refractivity contribution in [1.29, 1.82) is 0 Å². The first-order chi connectivity index (χ1) is 9.98. The van der Waals surface area contributed by atoms with Gasteiger partial charge in [-0.15, -0.1) is 5.10 Å². The zero-order chi connectivity index (χ0) is 15.0. The van der Waals surface area contributed by atoms with Gasteiger partial charge < -0.3 is 5.73 Å². The van der Waals surface area contributed by atoms with Gasteiger partial charge in [0.25, 0.3) is 0 Å². The van der Waals surface area contributed by atoms with Crippen molar-refractivity contribution in [3.63, 3.8) is 0 Å². The predicted octanol–water partition coefficient (Wildman–Crippen LogP) is 2.95. The van der Waals surface area contributed by atoms with E-state index in [2.05, 4.69) is 22.4 Å². The van der Waals surface area contributed by atoms with E-state index in [4.69, 9.17) is 5.73 Å². The van der Waals surface area contributed by atoms with Crippen molar-refractivity contribution < 1.29 is 4.39 Å². The van der Waals surface area contributed by atoms with Gasteiger partial charge in [-0.1, -0.05) is 19.8 Å². The SMILES string of the molecule is Cc1c(N)cc(-c2nnnn2CC2(C)CCCC2)cc1F. The summed E-state index contributed by atoms with van der Waals surface area (Å²) in [5, 5.41) is 11.9. The van der Waals surface area contributed by atoms with Gasteiger partial charge in [-0.2, -0.15) is 0 Å². The third-order valence-corrected chi connectivity index (χ3v) is 4.52. The van der Waals surface area contributed by atoms with E-state index in [0.29, 0.717) is 22.6 Å².